The lowest BCUT2D eigenvalue weighted by Crippen LogP contribution is -2.37. The summed E-state index contributed by atoms with van der Waals surface area (Å²) in [5.74, 6) is 0.989. The van der Waals surface area contributed by atoms with Crippen molar-refractivity contribution in [3.8, 4) is 5.75 Å². The fraction of sp³-hybridized carbons (Fsp3) is 0.538. The number of nitrogens with two attached hydrogens (primary N) is 1. The third-order valence-electron chi connectivity index (χ3n) is 3.02. The van der Waals surface area contributed by atoms with Gasteiger partial charge in [0.15, 0.2) is 0 Å². The molecule has 1 aromatic rings. The summed E-state index contributed by atoms with van der Waals surface area (Å²) < 4.78 is 5.71. The first-order valence-electron chi connectivity index (χ1n) is 6.03. The number of anilines is 1. The second-order valence-corrected chi connectivity index (χ2v) is 4.28. The van der Waals surface area contributed by atoms with Crippen LogP contribution in [0.2, 0.25) is 0 Å². The molecule has 1 atom stereocenters. The van der Waals surface area contributed by atoms with Crippen LogP contribution in [-0.2, 0) is 0 Å². The molecule has 3 nitrogen and oxygen atoms in total. The van der Waals surface area contributed by atoms with Crippen LogP contribution in [0.4, 0.5) is 5.69 Å². The molecule has 0 spiro atoms. The molecule has 0 radical (unpaired) electrons. The van der Waals surface area contributed by atoms with E-state index < -0.39 is 0 Å². The van der Waals surface area contributed by atoms with Gasteiger partial charge in [-0.1, -0.05) is 19.1 Å². The van der Waals surface area contributed by atoms with Gasteiger partial charge in [0.25, 0.3) is 0 Å². The second-order valence-electron chi connectivity index (χ2n) is 4.28. The third-order valence-corrected chi connectivity index (χ3v) is 3.02. The van der Waals surface area contributed by atoms with E-state index in [1.807, 2.05) is 12.1 Å². The quantitative estimate of drug-likeness (QED) is 0.847. The molecule has 0 aliphatic carbocycles. The summed E-state index contributed by atoms with van der Waals surface area (Å²) in [4.78, 5) is 2.34. The maximum atomic E-state index is 6.03. The first kappa shape index (κ1) is 11.3. The molecule has 0 saturated heterocycles. The van der Waals surface area contributed by atoms with Gasteiger partial charge < -0.3 is 15.4 Å². The Bertz CT molecular complexity index is 340. The molecule has 16 heavy (non-hydrogen) atoms. The monoisotopic (exact) mass is 220 g/mol. The van der Waals surface area contributed by atoms with Crippen molar-refractivity contribution >= 4 is 5.69 Å². The number of hydrogen-bond acceptors (Lipinski definition) is 3. The number of para-hydroxylation sites is 2. The number of fused-ring (bicyclic) bond motifs is 1. The van der Waals surface area contributed by atoms with Crippen LogP contribution in [0.25, 0.3) is 0 Å². The van der Waals surface area contributed by atoms with Crippen LogP contribution in [0.5, 0.6) is 5.75 Å². The Kier molecular flexibility index (Phi) is 3.67. The van der Waals surface area contributed by atoms with Crippen molar-refractivity contribution in [2.75, 3.05) is 24.6 Å². The molecule has 1 unspecified atom stereocenters. The summed E-state index contributed by atoms with van der Waals surface area (Å²) in [6.07, 6.45) is 2.07. The van der Waals surface area contributed by atoms with E-state index in [-0.39, 0.29) is 6.04 Å². The molecule has 3 heteroatoms. The van der Waals surface area contributed by atoms with Crippen LogP contribution in [0.1, 0.15) is 19.8 Å². The Labute approximate surface area is 97.2 Å². The van der Waals surface area contributed by atoms with E-state index in [4.69, 9.17) is 10.5 Å². The van der Waals surface area contributed by atoms with Crippen LogP contribution >= 0.6 is 0 Å². The van der Waals surface area contributed by atoms with Gasteiger partial charge in [-0.25, -0.2) is 0 Å². The van der Waals surface area contributed by atoms with Crippen molar-refractivity contribution in [3.05, 3.63) is 24.3 Å². The zero-order valence-electron chi connectivity index (χ0n) is 9.86. The van der Waals surface area contributed by atoms with Gasteiger partial charge in [-0.2, -0.15) is 0 Å². The summed E-state index contributed by atoms with van der Waals surface area (Å²) in [6, 6.07) is 8.46. The molecule has 0 bridgehead atoms. The third kappa shape index (κ3) is 2.47. The zero-order valence-corrected chi connectivity index (χ0v) is 9.86. The fourth-order valence-corrected chi connectivity index (χ4v) is 2.00. The molecular weight excluding hydrogens is 200 g/mol. The van der Waals surface area contributed by atoms with Crippen LogP contribution in [0, 0.1) is 0 Å². The lowest BCUT2D eigenvalue weighted by molar-refractivity contribution is 0.322. The highest BCUT2D eigenvalue weighted by Gasteiger charge is 2.17. The number of ether oxygens (including phenoxy) is 1. The molecule has 0 saturated carbocycles. The Morgan fingerprint density at radius 1 is 1.44 bits per heavy atom. The average molecular weight is 220 g/mol. The lowest BCUT2D eigenvalue weighted by Gasteiger charge is -2.26. The van der Waals surface area contributed by atoms with Crippen molar-refractivity contribution in [1.82, 2.24) is 0 Å². The lowest BCUT2D eigenvalue weighted by atomic mass is 10.2. The van der Waals surface area contributed by atoms with Crippen molar-refractivity contribution < 1.29 is 4.74 Å². The van der Waals surface area contributed by atoms with Gasteiger partial charge in [0, 0.05) is 19.1 Å². The van der Waals surface area contributed by atoms with Gasteiger partial charge in [0.05, 0.1) is 12.3 Å². The first-order chi connectivity index (χ1) is 7.81. The molecule has 1 aliphatic heterocycles. The summed E-state index contributed by atoms with van der Waals surface area (Å²) in [5, 5.41) is 0. The van der Waals surface area contributed by atoms with Gasteiger partial charge in [-0.3, -0.25) is 0 Å². The van der Waals surface area contributed by atoms with Crippen molar-refractivity contribution in [2.45, 2.75) is 25.8 Å². The summed E-state index contributed by atoms with van der Waals surface area (Å²) in [5.41, 5.74) is 7.21. The van der Waals surface area contributed by atoms with Gasteiger partial charge >= 0.3 is 0 Å². The first-order valence-corrected chi connectivity index (χ1v) is 6.03. The molecule has 88 valence electrons. The van der Waals surface area contributed by atoms with Crippen LogP contribution < -0.4 is 15.4 Å². The zero-order chi connectivity index (χ0) is 11.4. The van der Waals surface area contributed by atoms with E-state index in [0.29, 0.717) is 0 Å². The van der Waals surface area contributed by atoms with Crippen LogP contribution in [0.15, 0.2) is 24.3 Å². The van der Waals surface area contributed by atoms with Gasteiger partial charge in [0.1, 0.15) is 5.75 Å². The molecule has 1 aromatic carbocycles. The van der Waals surface area contributed by atoms with E-state index in [2.05, 4.69) is 24.0 Å². The van der Waals surface area contributed by atoms with Crippen molar-refractivity contribution in [3.63, 3.8) is 0 Å². The van der Waals surface area contributed by atoms with Gasteiger partial charge in [-0.05, 0) is 25.0 Å². The molecular formula is C13H20N2O. The number of hydrogen-bond donors (Lipinski definition) is 1. The molecule has 1 heterocycles. The molecule has 1 aliphatic rings. The van der Waals surface area contributed by atoms with Gasteiger partial charge in [0.2, 0.25) is 0 Å². The minimum absolute atomic E-state index is 0.242. The Morgan fingerprint density at radius 2 is 2.25 bits per heavy atom. The maximum absolute atomic E-state index is 6.03. The summed E-state index contributed by atoms with van der Waals surface area (Å²) in [6.45, 7) is 4.88. The minimum atomic E-state index is 0.242. The number of nitrogens with zero attached hydrogens (tertiary/aromatic N) is 1. The maximum Gasteiger partial charge on any atom is 0.142 e. The van der Waals surface area contributed by atoms with E-state index in [1.54, 1.807) is 0 Å². The highest BCUT2D eigenvalue weighted by atomic mass is 16.5. The molecule has 2 rings (SSSR count). The number of rotatable bonds is 3. The SMILES string of the molecule is CCC(N)CN1CCCOc2ccccc21. The predicted molar refractivity (Wildman–Crippen MR) is 67.0 cm³/mol. The highest BCUT2D eigenvalue weighted by Crippen LogP contribution is 2.30. The van der Waals surface area contributed by atoms with Crippen molar-refractivity contribution in [1.29, 1.82) is 0 Å². The topological polar surface area (TPSA) is 38.5 Å². The fourth-order valence-electron chi connectivity index (χ4n) is 2.00. The van der Waals surface area contributed by atoms with Crippen LogP contribution in [-0.4, -0.2) is 25.7 Å². The second kappa shape index (κ2) is 5.21. The molecule has 0 amide bonds. The molecule has 0 fully saturated rings. The van der Waals surface area contributed by atoms with E-state index in [1.165, 1.54) is 5.69 Å². The van der Waals surface area contributed by atoms with E-state index >= 15 is 0 Å². The normalized spacial score (nSPS) is 17.2. The summed E-state index contributed by atoms with van der Waals surface area (Å²) >= 11 is 0. The van der Waals surface area contributed by atoms with E-state index in [9.17, 15) is 0 Å². The van der Waals surface area contributed by atoms with E-state index in [0.717, 1.165) is 38.3 Å². The summed E-state index contributed by atoms with van der Waals surface area (Å²) in [7, 11) is 0. The predicted octanol–water partition coefficient (Wildman–Crippen LogP) is 2.01. The Balaban J connectivity index is 2.19. The largest absolute Gasteiger partial charge is 0.491 e. The van der Waals surface area contributed by atoms with Crippen LogP contribution in [0.3, 0.4) is 0 Å². The number of benzene rings is 1. The Hall–Kier alpha value is -1.22. The Morgan fingerprint density at radius 3 is 3.06 bits per heavy atom. The average Bonchev–Trinajstić information content (AvgIpc) is 2.52. The minimum Gasteiger partial charge on any atom is -0.491 e. The van der Waals surface area contributed by atoms with Crippen molar-refractivity contribution in [2.24, 2.45) is 5.73 Å². The van der Waals surface area contributed by atoms with Gasteiger partial charge in [-0.15, -0.1) is 0 Å². The molecule has 0 aromatic heterocycles. The highest BCUT2D eigenvalue weighted by molar-refractivity contribution is 5.59. The standard InChI is InChI=1S/C13H20N2O/c1-2-11(14)10-15-8-5-9-16-13-7-4-3-6-12(13)15/h3-4,6-7,11H,2,5,8-10,14H2,1H3. The molecule has 2 N–H and O–H groups in total. The smallest absolute Gasteiger partial charge is 0.142 e.